The molecule has 25 heavy (non-hydrogen) atoms. The van der Waals surface area contributed by atoms with Crippen molar-refractivity contribution in [1.82, 2.24) is 0 Å². The number of ether oxygens (including phenoxy) is 1. The third-order valence-corrected chi connectivity index (χ3v) is 4.85. The number of carbonyl (C=O) groups is 1. The molecule has 0 spiro atoms. The van der Waals surface area contributed by atoms with Gasteiger partial charge in [0.15, 0.2) is 0 Å². The number of cyclic esters (lactones) is 1. The minimum atomic E-state index is -3.61. The van der Waals surface area contributed by atoms with E-state index in [2.05, 4.69) is 4.18 Å². The monoisotopic (exact) mass is 372 g/mol. The summed E-state index contributed by atoms with van der Waals surface area (Å²) < 4.78 is 46.3. The second kappa shape index (κ2) is 7.17. The standard InChI is InChI=1S/C16H21FN2O5S/c1-25(21,22)23-11-13-10-19(16(20)24-13)12-5-6-15(14(17)9-12)18-7-3-2-4-8-18/h5-6,9,13H,2-4,7-8,10-11H2,1H3/t13-/m1/s1. The molecule has 0 N–H and O–H groups in total. The van der Waals surface area contributed by atoms with Crippen LogP contribution in [0.5, 0.6) is 0 Å². The Morgan fingerprint density at radius 3 is 2.64 bits per heavy atom. The Morgan fingerprint density at radius 2 is 2.00 bits per heavy atom. The summed E-state index contributed by atoms with van der Waals surface area (Å²) in [6.07, 6.45) is 2.81. The number of amides is 1. The third-order valence-electron chi connectivity index (χ3n) is 4.28. The van der Waals surface area contributed by atoms with E-state index in [1.165, 1.54) is 11.0 Å². The van der Waals surface area contributed by atoms with Gasteiger partial charge in [0.2, 0.25) is 0 Å². The van der Waals surface area contributed by atoms with Gasteiger partial charge in [-0.15, -0.1) is 0 Å². The van der Waals surface area contributed by atoms with Crippen LogP contribution in [-0.2, 0) is 19.0 Å². The molecule has 2 saturated heterocycles. The first-order valence-corrected chi connectivity index (χ1v) is 10.0. The van der Waals surface area contributed by atoms with Crippen molar-refractivity contribution in [3.63, 3.8) is 0 Å². The number of benzene rings is 1. The van der Waals surface area contributed by atoms with Crippen LogP contribution in [0.4, 0.5) is 20.6 Å². The second-order valence-corrected chi connectivity index (χ2v) is 7.93. The summed E-state index contributed by atoms with van der Waals surface area (Å²) in [6.45, 7) is 1.51. The molecule has 0 radical (unpaired) electrons. The van der Waals surface area contributed by atoms with Crippen LogP contribution in [0.15, 0.2) is 18.2 Å². The first-order valence-electron chi connectivity index (χ1n) is 8.20. The van der Waals surface area contributed by atoms with E-state index in [-0.39, 0.29) is 19.0 Å². The van der Waals surface area contributed by atoms with Crippen LogP contribution in [0.25, 0.3) is 0 Å². The number of rotatable bonds is 5. The lowest BCUT2D eigenvalue weighted by molar-refractivity contribution is 0.107. The molecule has 0 aliphatic carbocycles. The maximum atomic E-state index is 14.5. The lowest BCUT2D eigenvalue weighted by Gasteiger charge is -2.29. The molecule has 0 aromatic heterocycles. The molecule has 2 fully saturated rings. The largest absolute Gasteiger partial charge is 0.441 e. The molecule has 0 unspecified atom stereocenters. The summed E-state index contributed by atoms with van der Waals surface area (Å²) >= 11 is 0. The summed E-state index contributed by atoms with van der Waals surface area (Å²) in [5.74, 6) is -0.386. The van der Waals surface area contributed by atoms with Crippen molar-refractivity contribution in [1.29, 1.82) is 0 Å². The van der Waals surface area contributed by atoms with E-state index in [9.17, 15) is 17.6 Å². The predicted molar refractivity (Wildman–Crippen MR) is 90.9 cm³/mol. The van der Waals surface area contributed by atoms with E-state index in [4.69, 9.17) is 4.74 Å². The van der Waals surface area contributed by atoms with E-state index in [1.807, 2.05) is 4.90 Å². The quantitative estimate of drug-likeness (QED) is 0.737. The lowest BCUT2D eigenvalue weighted by Crippen LogP contribution is -2.30. The third kappa shape index (κ3) is 4.40. The van der Waals surface area contributed by atoms with Crippen LogP contribution in [0, 0.1) is 5.82 Å². The maximum absolute atomic E-state index is 14.5. The lowest BCUT2D eigenvalue weighted by atomic mass is 10.1. The number of nitrogens with zero attached hydrogens (tertiary/aromatic N) is 2. The van der Waals surface area contributed by atoms with Crippen molar-refractivity contribution in [2.24, 2.45) is 0 Å². The molecular formula is C16H21FN2O5S. The van der Waals surface area contributed by atoms with Gasteiger partial charge in [-0.05, 0) is 37.5 Å². The molecule has 1 aromatic rings. The smallest absolute Gasteiger partial charge is 0.414 e. The first-order chi connectivity index (χ1) is 11.8. The van der Waals surface area contributed by atoms with Gasteiger partial charge in [0.25, 0.3) is 10.1 Å². The molecule has 0 saturated carbocycles. The topological polar surface area (TPSA) is 76.2 Å². The van der Waals surface area contributed by atoms with Gasteiger partial charge in [-0.3, -0.25) is 9.08 Å². The van der Waals surface area contributed by atoms with Gasteiger partial charge in [-0.1, -0.05) is 0 Å². The van der Waals surface area contributed by atoms with E-state index in [0.717, 1.165) is 38.6 Å². The van der Waals surface area contributed by atoms with Crippen molar-refractivity contribution in [3.8, 4) is 0 Å². The molecule has 2 heterocycles. The average Bonchev–Trinajstić information content (AvgIpc) is 2.94. The zero-order valence-electron chi connectivity index (χ0n) is 14.0. The van der Waals surface area contributed by atoms with Crippen molar-refractivity contribution in [2.45, 2.75) is 25.4 Å². The Morgan fingerprint density at radius 1 is 1.28 bits per heavy atom. The van der Waals surface area contributed by atoms with Crippen molar-refractivity contribution < 1.29 is 26.5 Å². The summed E-state index contributed by atoms with van der Waals surface area (Å²) in [7, 11) is -3.61. The van der Waals surface area contributed by atoms with Gasteiger partial charge in [0.05, 0.1) is 24.2 Å². The molecule has 0 bridgehead atoms. The Kier molecular flexibility index (Phi) is 5.14. The molecule has 1 atom stereocenters. The summed E-state index contributed by atoms with van der Waals surface area (Å²) in [6, 6.07) is 4.66. The van der Waals surface area contributed by atoms with Gasteiger partial charge in [0, 0.05) is 13.1 Å². The van der Waals surface area contributed by atoms with Crippen molar-refractivity contribution >= 4 is 27.6 Å². The molecule has 9 heteroatoms. The van der Waals surface area contributed by atoms with Crippen LogP contribution in [0.3, 0.4) is 0 Å². The highest BCUT2D eigenvalue weighted by Gasteiger charge is 2.33. The van der Waals surface area contributed by atoms with Gasteiger partial charge < -0.3 is 9.64 Å². The van der Waals surface area contributed by atoms with Crippen LogP contribution in [0.2, 0.25) is 0 Å². The van der Waals surface area contributed by atoms with Gasteiger partial charge >= 0.3 is 6.09 Å². The molecule has 7 nitrogen and oxygen atoms in total. The number of hydrogen-bond acceptors (Lipinski definition) is 6. The molecular weight excluding hydrogens is 351 g/mol. The minimum Gasteiger partial charge on any atom is -0.441 e. The molecule has 2 aliphatic heterocycles. The van der Waals surface area contributed by atoms with E-state index in [0.29, 0.717) is 11.4 Å². The number of carbonyl (C=O) groups excluding carboxylic acids is 1. The molecule has 1 amide bonds. The maximum Gasteiger partial charge on any atom is 0.414 e. The van der Waals surface area contributed by atoms with Crippen LogP contribution in [0.1, 0.15) is 19.3 Å². The highest BCUT2D eigenvalue weighted by atomic mass is 32.2. The average molecular weight is 372 g/mol. The number of halogens is 1. The fraction of sp³-hybridized carbons (Fsp3) is 0.562. The zero-order valence-corrected chi connectivity index (χ0v) is 14.8. The normalized spacial score (nSPS) is 21.5. The fourth-order valence-corrected chi connectivity index (χ4v) is 3.47. The highest BCUT2D eigenvalue weighted by Crippen LogP contribution is 2.29. The second-order valence-electron chi connectivity index (χ2n) is 6.29. The Bertz CT molecular complexity index is 749. The number of anilines is 2. The Labute approximate surface area is 146 Å². The SMILES string of the molecule is CS(=O)(=O)OC[C@H]1CN(c2ccc(N3CCCCC3)c(F)c2)C(=O)O1. The zero-order chi connectivity index (χ0) is 18.0. The van der Waals surface area contributed by atoms with Gasteiger partial charge in [-0.25, -0.2) is 9.18 Å². The Balaban J connectivity index is 1.69. The first kappa shape index (κ1) is 17.9. The molecule has 3 rings (SSSR count). The van der Waals surface area contributed by atoms with Gasteiger partial charge in [0.1, 0.15) is 18.5 Å². The Hall–Kier alpha value is -1.87. The number of piperidine rings is 1. The molecule has 138 valence electrons. The van der Waals surface area contributed by atoms with E-state index < -0.39 is 22.3 Å². The van der Waals surface area contributed by atoms with Crippen LogP contribution < -0.4 is 9.80 Å². The van der Waals surface area contributed by atoms with Gasteiger partial charge in [-0.2, -0.15) is 8.42 Å². The predicted octanol–water partition coefficient (Wildman–Crippen LogP) is 2.12. The fourth-order valence-electron chi connectivity index (χ4n) is 3.07. The molecule has 2 aliphatic rings. The summed E-state index contributed by atoms with van der Waals surface area (Å²) in [5.41, 5.74) is 0.915. The number of hydrogen-bond donors (Lipinski definition) is 0. The summed E-state index contributed by atoms with van der Waals surface area (Å²) in [5, 5.41) is 0. The van der Waals surface area contributed by atoms with Crippen LogP contribution in [-0.4, -0.2) is 53.1 Å². The van der Waals surface area contributed by atoms with Crippen LogP contribution >= 0.6 is 0 Å². The highest BCUT2D eigenvalue weighted by molar-refractivity contribution is 7.85. The van der Waals surface area contributed by atoms with E-state index in [1.54, 1.807) is 12.1 Å². The van der Waals surface area contributed by atoms with E-state index >= 15 is 0 Å². The minimum absolute atomic E-state index is 0.108. The van der Waals surface area contributed by atoms with Crippen molar-refractivity contribution in [2.75, 3.05) is 42.3 Å². The molecule has 1 aromatic carbocycles. The summed E-state index contributed by atoms with van der Waals surface area (Å²) in [4.78, 5) is 15.3. The van der Waals surface area contributed by atoms with Crippen molar-refractivity contribution in [3.05, 3.63) is 24.0 Å².